The molecule has 0 unspecified atom stereocenters. The van der Waals surface area contributed by atoms with Crippen LogP contribution in [0.25, 0.3) is 22.6 Å². The average Bonchev–Trinajstić information content (AvgIpc) is 2.56. The molecule has 0 atom stereocenters. The lowest BCUT2D eigenvalue weighted by atomic mass is 10.1. The summed E-state index contributed by atoms with van der Waals surface area (Å²) in [5, 5.41) is 0. The molecule has 6 heteroatoms. The SMILES string of the molecule is CCOc1ccc2nc3c(OC)c(OC)c(=O)c(C)c-3oc2c1. The summed E-state index contributed by atoms with van der Waals surface area (Å²) in [5.74, 6) is 1.47. The molecule has 0 amide bonds. The molecule has 2 aliphatic rings. The number of methoxy groups -OCH3 is 2. The third kappa shape index (κ3) is 2.36. The minimum Gasteiger partial charge on any atom is -0.494 e. The molecule has 0 saturated carbocycles. The highest BCUT2D eigenvalue weighted by molar-refractivity contribution is 5.81. The molecule has 0 spiro atoms. The second kappa shape index (κ2) is 5.79. The molecule has 1 heterocycles. The van der Waals surface area contributed by atoms with Gasteiger partial charge in [0.15, 0.2) is 22.8 Å². The van der Waals surface area contributed by atoms with Crippen LogP contribution < -0.4 is 19.6 Å². The van der Waals surface area contributed by atoms with Gasteiger partial charge >= 0.3 is 0 Å². The summed E-state index contributed by atoms with van der Waals surface area (Å²) in [6, 6.07) is 5.38. The van der Waals surface area contributed by atoms with Gasteiger partial charge in [-0.2, -0.15) is 0 Å². The number of rotatable bonds is 4. The largest absolute Gasteiger partial charge is 0.494 e. The number of fused-ring (bicyclic) bond motifs is 2. The predicted molar refractivity (Wildman–Crippen MR) is 85.9 cm³/mol. The van der Waals surface area contributed by atoms with Crippen molar-refractivity contribution in [3.63, 3.8) is 0 Å². The van der Waals surface area contributed by atoms with E-state index in [2.05, 4.69) is 4.98 Å². The molecular weight excluding hydrogens is 298 g/mol. The highest BCUT2D eigenvalue weighted by Gasteiger charge is 2.26. The van der Waals surface area contributed by atoms with Crippen LogP contribution in [-0.2, 0) is 0 Å². The predicted octanol–water partition coefficient (Wildman–Crippen LogP) is 3.02. The Labute approximate surface area is 133 Å². The Hall–Kier alpha value is -2.76. The van der Waals surface area contributed by atoms with Crippen molar-refractivity contribution in [3.05, 3.63) is 34.0 Å². The maximum atomic E-state index is 12.4. The Morgan fingerprint density at radius 2 is 1.91 bits per heavy atom. The standard InChI is InChI=1S/C17H17NO5/c1-5-22-10-6-7-11-12(8-10)23-15-9(2)14(19)17(21-4)16(20-3)13(15)18-11/h6-8H,5H2,1-4H3. The summed E-state index contributed by atoms with van der Waals surface area (Å²) in [5.41, 5.74) is 1.78. The number of ether oxygens (including phenoxy) is 3. The van der Waals surface area contributed by atoms with Crippen molar-refractivity contribution < 1.29 is 18.6 Å². The quantitative estimate of drug-likeness (QED) is 0.689. The molecule has 23 heavy (non-hydrogen) atoms. The maximum absolute atomic E-state index is 12.4. The number of hydrogen-bond acceptors (Lipinski definition) is 6. The van der Waals surface area contributed by atoms with Crippen molar-refractivity contribution in [2.24, 2.45) is 0 Å². The minimum atomic E-state index is -0.275. The van der Waals surface area contributed by atoms with Crippen molar-refractivity contribution in [1.29, 1.82) is 0 Å². The smallest absolute Gasteiger partial charge is 0.231 e. The normalized spacial score (nSPS) is 11.0. The van der Waals surface area contributed by atoms with Crippen molar-refractivity contribution in [1.82, 2.24) is 4.98 Å². The van der Waals surface area contributed by atoms with Crippen LogP contribution in [0.1, 0.15) is 12.5 Å². The average molecular weight is 315 g/mol. The van der Waals surface area contributed by atoms with Gasteiger partial charge in [-0.05, 0) is 26.0 Å². The van der Waals surface area contributed by atoms with E-state index in [0.29, 0.717) is 40.5 Å². The second-order valence-corrected chi connectivity index (χ2v) is 4.97. The summed E-state index contributed by atoms with van der Waals surface area (Å²) in [6.45, 7) is 4.14. The van der Waals surface area contributed by atoms with Gasteiger partial charge in [0, 0.05) is 11.6 Å². The molecule has 1 aliphatic carbocycles. The molecule has 6 nitrogen and oxygen atoms in total. The lowest BCUT2D eigenvalue weighted by Gasteiger charge is -2.15. The lowest BCUT2D eigenvalue weighted by molar-refractivity contribution is 0.340. The fourth-order valence-corrected chi connectivity index (χ4v) is 2.52. The van der Waals surface area contributed by atoms with Gasteiger partial charge in [0.05, 0.1) is 20.8 Å². The van der Waals surface area contributed by atoms with E-state index in [9.17, 15) is 4.79 Å². The monoisotopic (exact) mass is 315 g/mol. The van der Waals surface area contributed by atoms with Crippen molar-refractivity contribution >= 4 is 11.1 Å². The molecule has 1 aliphatic heterocycles. The van der Waals surface area contributed by atoms with E-state index in [1.54, 1.807) is 19.1 Å². The van der Waals surface area contributed by atoms with Gasteiger partial charge in [0.2, 0.25) is 11.2 Å². The maximum Gasteiger partial charge on any atom is 0.231 e. The third-order valence-electron chi connectivity index (χ3n) is 3.62. The van der Waals surface area contributed by atoms with Gasteiger partial charge in [-0.15, -0.1) is 0 Å². The summed E-state index contributed by atoms with van der Waals surface area (Å²) in [4.78, 5) is 16.9. The highest BCUT2D eigenvalue weighted by Crippen LogP contribution is 2.39. The van der Waals surface area contributed by atoms with Crippen LogP contribution in [0.3, 0.4) is 0 Å². The van der Waals surface area contributed by atoms with E-state index in [-0.39, 0.29) is 16.9 Å². The highest BCUT2D eigenvalue weighted by atomic mass is 16.5. The Morgan fingerprint density at radius 1 is 1.17 bits per heavy atom. The van der Waals surface area contributed by atoms with E-state index in [1.807, 2.05) is 13.0 Å². The molecule has 0 aromatic heterocycles. The first-order valence-electron chi connectivity index (χ1n) is 7.22. The van der Waals surface area contributed by atoms with E-state index in [0.717, 1.165) is 0 Å². The summed E-state index contributed by atoms with van der Waals surface area (Å²) in [7, 11) is 2.90. The zero-order valence-electron chi connectivity index (χ0n) is 13.4. The summed E-state index contributed by atoms with van der Waals surface area (Å²) < 4.78 is 21.9. The zero-order chi connectivity index (χ0) is 16.6. The Morgan fingerprint density at radius 3 is 2.57 bits per heavy atom. The summed E-state index contributed by atoms with van der Waals surface area (Å²) >= 11 is 0. The molecule has 120 valence electrons. The molecular formula is C17H17NO5. The molecule has 0 saturated heterocycles. The Balaban J connectivity index is 2.39. The van der Waals surface area contributed by atoms with Crippen LogP contribution in [0, 0.1) is 6.92 Å². The fraction of sp³-hybridized carbons (Fsp3) is 0.294. The second-order valence-electron chi connectivity index (χ2n) is 4.97. The topological polar surface area (TPSA) is 70.8 Å². The molecule has 3 rings (SSSR count). The fourth-order valence-electron chi connectivity index (χ4n) is 2.52. The van der Waals surface area contributed by atoms with E-state index >= 15 is 0 Å². The van der Waals surface area contributed by atoms with Gasteiger partial charge in [-0.1, -0.05) is 0 Å². The van der Waals surface area contributed by atoms with E-state index in [1.165, 1.54) is 14.2 Å². The minimum absolute atomic E-state index is 0.130. The van der Waals surface area contributed by atoms with E-state index in [4.69, 9.17) is 18.6 Å². The van der Waals surface area contributed by atoms with Crippen LogP contribution in [0.2, 0.25) is 0 Å². The van der Waals surface area contributed by atoms with Crippen LogP contribution in [0.4, 0.5) is 0 Å². The van der Waals surface area contributed by atoms with Crippen molar-refractivity contribution in [3.8, 4) is 28.7 Å². The number of benzene rings is 2. The van der Waals surface area contributed by atoms with Crippen molar-refractivity contribution in [2.75, 3.05) is 20.8 Å². The molecule has 0 fully saturated rings. The first-order chi connectivity index (χ1) is 11.1. The molecule has 1 aromatic carbocycles. The van der Waals surface area contributed by atoms with Gasteiger partial charge in [0.1, 0.15) is 11.3 Å². The first-order valence-corrected chi connectivity index (χ1v) is 7.22. The lowest BCUT2D eigenvalue weighted by Crippen LogP contribution is -2.14. The molecule has 0 bridgehead atoms. The van der Waals surface area contributed by atoms with E-state index < -0.39 is 0 Å². The third-order valence-corrected chi connectivity index (χ3v) is 3.62. The van der Waals surface area contributed by atoms with Gasteiger partial charge in [0.25, 0.3) is 0 Å². The van der Waals surface area contributed by atoms with Crippen LogP contribution in [-0.4, -0.2) is 25.8 Å². The Bertz CT molecular complexity index is 900. The summed E-state index contributed by atoms with van der Waals surface area (Å²) in [6.07, 6.45) is 0. The Kier molecular flexibility index (Phi) is 3.82. The van der Waals surface area contributed by atoms with Crippen LogP contribution in [0.15, 0.2) is 27.4 Å². The van der Waals surface area contributed by atoms with Crippen molar-refractivity contribution in [2.45, 2.75) is 13.8 Å². The molecule has 1 aromatic rings. The van der Waals surface area contributed by atoms with Crippen LogP contribution >= 0.6 is 0 Å². The molecule has 0 radical (unpaired) electrons. The van der Waals surface area contributed by atoms with Crippen LogP contribution in [0.5, 0.6) is 17.2 Å². The number of nitrogens with zero attached hydrogens (tertiary/aromatic N) is 1. The molecule has 0 N–H and O–H groups in total. The number of aromatic nitrogens is 1. The van der Waals surface area contributed by atoms with Gasteiger partial charge < -0.3 is 18.6 Å². The first kappa shape index (κ1) is 15.1. The zero-order valence-corrected chi connectivity index (χ0v) is 13.4. The van der Waals surface area contributed by atoms with Gasteiger partial charge in [-0.3, -0.25) is 4.79 Å². The number of hydrogen-bond donors (Lipinski definition) is 0. The van der Waals surface area contributed by atoms with Gasteiger partial charge in [-0.25, -0.2) is 4.98 Å².